The highest BCUT2D eigenvalue weighted by Crippen LogP contribution is 2.24. The molecular formula is C17H16O3. The first-order valence-electron chi connectivity index (χ1n) is 6.44. The molecule has 0 aromatic heterocycles. The molecule has 1 atom stereocenters. The number of rotatable bonds is 4. The highest BCUT2D eigenvalue weighted by Gasteiger charge is 2.20. The number of hydrogen-bond donors (Lipinski definition) is 1. The van der Waals surface area contributed by atoms with Crippen LogP contribution in [0.5, 0.6) is 0 Å². The summed E-state index contributed by atoms with van der Waals surface area (Å²) >= 11 is 0. The maximum Gasteiger partial charge on any atom is 0.310 e. The van der Waals surface area contributed by atoms with Gasteiger partial charge in [0, 0.05) is 11.1 Å². The Hall–Kier alpha value is -2.42. The van der Waals surface area contributed by atoms with E-state index in [2.05, 4.69) is 0 Å². The first-order chi connectivity index (χ1) is 9.52. The van der Waals surface area contributed by atoms with Gasteiger partial charge in [-0.15, -0.1) is 0 Å². The predicted molar refractivity (Wildman–Crippen MR) is 77.1 cm³/mol. The average molecular weight is 268 g/mol. The Balaban J connectivity index is 2.46. The summed E-state index contributed by atoms with van der Waals surface area (Å²) in [6.45, 7) is 3.42. The molecule has 2 rings (SSSR count). The van der Waals surface area contributed by atoms with Gasteiger partial charge in [-0.1, -0.05) is 48.5 Å². The van der Waals surface area contributed by atoms with Crippen molar-refractivity contribution >= 4 is 11.8 Å². The molecule has 0 amide bonds. The number of aliphatic carboxylic acids is 1. The fourth-order valence-corrected chi connectivity index (χ4v) is 2.25. The molecule has 2 aromatic rings. The third-order valence-electron chi connectivity index (χ3n) is 3.49. The Kier molecular flexibility index (Phi) is 3.99. The van der Waals surface area contributed by atoms with E-state index in [0.29, 0.717) is 16.7 Å². The minimum Gasteiger partial charge on any atom is -0.481 e. The van der Waals surface area contributed by atoms with Crippen LogP contribution in [0, 0.1) is 6.92 Å². The van der Waals surface area contributed by atoms with Crippen molar-refractivity contribution in [3.8, 4) is 0 Å². The van der Waals surface area contributed by atoms with Crippen molar-refractivity contribution in [1.82, 2.24) is 0 Å². The topological polar surface area (TPSA) is 54.4 Å². The predicted octanol–water partition coefficient (Wildman–Crippen LogP) is 3.41. The van der Waals surface area contributed by atoms with E-state index in [1.165, 1.54) is 0 Å². The van der Waals surface area contributed by atoms with Gasteiger partial charge in [-0.2, -0.15) is 0 Å². The first kappa shape index (κ1) is 14.0. The lowest BCUT2D eigenvalue weighted by atomic mass is 9.90. The molecule has 0 bridgehead atoms. The van der Waals surface area contributed by atoms with Gasteiger partial charge in [-0.25, -0.2) is 0 Å². The Bertz CT molecular complexity index is 645. The van der Waals surface area contributed by atoms with Crippen LogP contribution in [0.1, 0.15) is 39.9 Å². The average Bonchev–Trinajstić information content (AvgIpc) is 2.47. The molecule has 0 aliphatic carbocycles. The number of carbonyl (C=O) groups is 2. The second-order valence-electron chi connectivity index (χ2n) is 4.77. The summed E-state index contributed by atoms with van der Waals surface area (Å²) < 4.78 is 0. The van der Waals surface area contributed by atoms with E-state index in [9.17, 15) is 9.59 Å². The minimum atomic E-state index is -0.891. The highest BCUT2D eigenvalue weighted by atomic mass is 16.4. The van der Waals surface area contributed by atoms with Crippen molar-refractivity contribution in [2.45, 2.75) is 19.8 Å². The van der Waals surface area contributed by atoms with Crippen LogP contribution in [0.15, 0.2) is 48.5 Å². The van der Waals surface area contributed by atoms with Crippen molar-refractivity contribution < 1.29 is 14.7 Å². The smallest absolute Gasteiger partial charge is 0.310 e. The van der Waals surface area contributed by atoms with E-state index in [-0.39, 0.29) is 5.78 Å². The molecule has 3 nitrogen and oxygen atoms in total. The van der Waals surface area contributed by atoms with Crippen molar-refractivity contribution in [1.29, 1.82) is 0 Å². The largest absolute Gasteiger partial charge is 0.481 e. The molecule has 0 heterocycles. The quantitative estimate of drug-likeness (QED) is 0.864. The van der Waals surface area contributed by atoms with Gasteiger partial charge in [0.05, 0.1) is 5.92 Å². The normalized spacial score (nSPS) is 11.9. The van der Waals surface area contributed by atoms with Gasteiger partial charge in [0.25, 0.3) is 0 Å². The van der Waals surface area contributed by atoms with E-state index < -0.39 is 11.9 Å². The van der Waals surface area contributed by atoms with Gasteiger partial charge < -0.3 is 5.11 Å². The zero-order valence-electron chi connectivity index (χ0n) is 11.5. The molecule has 20 heavy (non-hydrogen) atoms. The number of ketones is 1. The summed E-state index contributed by atoms with van der Waals surface area (Å²) in [5.74, 6) is -1.60. The third-order valence-corrected chi connectivity index (χ3v) is 3.49. The molecule has 0 spiro atoms. The number of carboxylic acids is 1. The van der Waals surface area contributed by atoms with E-state index in [0.717, 1.165) is 5.56 Å². The summed E-state index contributed by atoms with van der Waals surface area (Å²) in [4.78, 5) is 23.6. The number of carboxylic acid groups (broad SMARTS) is 1. The lowest BCUT2D eigenvalue weighted by molar-refractivity contribution is -0.138. The molecule has 0 radical (unpaired) electrons. The summed E-state index contributed by atoms with van der Waals surface area (Å²) in [6.07, 6.45) is 0. The van der Waals surface area contributed by atoms with Crippen LogP contribution in [0.4, 0.5) is 0 Å². The Morgan fingerprint density at radius 1 is 1.00 bits per heavy atom. The van der Waals surface area contributed by atoms with E-state index in [1.54, 1.807) is 44.2 Å². The van der Waals surface area contributed by atoms with Crippen LogP contribution >= 0.6 is 0 Å². The lowest BCUT2D eigenvalue weighted by Gasteiger charge is -2.13. The van der Waals surface area contributed by atoms with Crippen molar-refractivity contribution in [2.24, 2.45) is 0 Å². The van der Waals surface area contributed by atoms with Gasteiger partial charge >= 0.3 is 5.97 Å². The Morgan fingerprint density at radius 2 is 1.65 bits per heavy atom. The van der Waals surface area contributed by atoms with E-state index in [1.807, 2.05) is 18.2 Å². The second-order valence-corrected chi connectivity index (χ2v) is 4.77. The van der Waals surface area contributed by atoms with Crippen LogP contribution in [0.3, 0.4) is 0 Å². The van der Waals surface area contributed by atoms with Crippen LogP contribution in [0.25, 0.3) is 0 Å². The zero-order valence-corrected chi connectivity index (χ0v) is 11.5. The summed E-state index contributed by atoms with van der Waals surface area (Å²) in [6, 6.07) is 14.2. The third kappa shape index (κ3) is 2.62. The van der Waals surface area contributed by atoms with Crippen molar-refractivity contribution in [3.63, 3.8) is 0 Å². The molecule has 1 unspecified atom stereocenters. The zero-order chi connectivity index (χ0) is 14.7. The van der Waals surface area contributed by atoms with Crippen LogP contribution in [-0.2, 0) is 4.79 Å². The summed E-state index contributed by atoms with van der Waals surface area (Å²) in [5.41, 5.74) is 2.58. The van der Waals surface area contributed by atoms with Gasteiger partial charge in [0.2, 0.25) is 0 Å². The SMILES string of the molecule is Cc1c(C(=O)c2ccccc2)cccc1C(C)C(=O)O. The minimum absolute atomic E-state index is 0.0810. The van der Waals surface area contributed by atoms with Crippen molar-refractivity contribution in [2.75, 3.05) is 0 Å². The summed E-state index contributed by atoms with van der Waals surface area (Å²) in [7, 11) is 0. The van der Waals surface area contributed by atoms with Gasteiger partial charge in [-0.05, 0) is 25.0 Å². The molecule has 0 aliphatic rings. The first-order valence-corrected chi connectivity index (χ1v) is 6.44. The van der Waals surface area contributed by atoms with Gasteiger partial charge in [0.1, 0.15) is 0 Å². The number of benzene rings is 2. The number of carbonyl (C=O) groups excluding carboxylic acids is 1. The molecule has 102 valence electrons. The molecule has 0 saturated heterocycles. The lowest BCUT2D eigenvalue weighted by Crippen LogP contribution is -2.12. The maximum atomic E-state index is 12.5. The Morgan fingerprint density at radius 3 is 2.25 bits per heavy atom. The second kappa shape index (κ2) is 5.70. The maximum absolute atomic E-state index is 12.5. The molecule has 0 aliphatic heterocycles. The Labute approximate surface area is 117 Å². The van der Waals surface area contributed by atoms with Gasteiger partial charge in [0.15, 0.2) is 5.78 Å². The van der Waals surface area contributed by atoms with Crippen LogP contribution in [-0.4, -0.2) is 16.9 Å². The van der Waals surface area contributed by atoms with Crippen LogP contribution in [0.2, 0.25) is 0 Å². The highest BCUT2D eigenvalue weighted by molar-refractivity contribution is 6.10. The fraction of sp³-hybridized carbons (Fsp3) is 0.176. The molecule has 0 saturated carbocycles. The number of hydrogen-bond acceptors (Lipinski definition) is 2. The monoisotopic (exact) mass is 268 g/mol. The standard InChI is InChI=1S/C17H16O3/c1-11-14(12(2)17(19)20)9-6-10-15(11)16(18)13-7-4-3-5-8-13/h3-10,12H,1-2H3,(H,19,20). The summed E-state index contributed by atoms with van der Waals surface area (Å²) in [5, 5.41) is 9.12. The van der Waals surface area contributed by atoms with Crippen LogP contribution < -0.4 is 0 Å². The van der Waals surface area contributed by atoms with Gasteiger partial charge in [-0.3, -0.25) is 9.59 Å². The van der Waals surface area contributed by atoms with Crippen molar-refractivity contribution in [3.05, 3.63) is 70.8 Å². The molecule has 0 fully saturated rings. The molecule has 3 heteroatoms. The van der Waals surface area contributed by atoms with E-state index in [4.69, 9.17) is 5.11 Å². The molecule has 1 N–H and O–H groups in total. The molecule has 2 aromatic carbocycles. The fourth-order valence-electron chi connectivity index (χ4n) is 2.25. The molecular weight excluding hydrogens is 252 g/mol. The van der Waals surface area contributed by atoms with E-state index >= 15 is 0 Å².